The predicted octanol–water partition coefficient (Wildman–Crippen LogP) is 2.19. The Balaban J connectivity index is 2.12. The van der Waals surface area contributed by atoms with Crippen LogP contribution >= 0.6 is 0 Å². The van der Waals surface area contributed by atoms with E-state index in [9.17, 15) is 9.59 Å². The number of amides is 2. The van der Waals surface area contributed by atoms with E-state index in [2.05, 4.69) is 10.6 Å². The number of carbonyl (C=O) groups is 2. The lowest BCUT2D eigenvalue weighted by atomic mass is 9.85. The van der Waals surface area contributed by atoms with Crippen LogP contribution in [0.4, 0.5) is 4.79 Å². The van der Waals surface area contributed by atoms with E-state index in [-0.39, 0.29) is 17.9 Å². The summed E-state index contributed by atoms with van der Waals surface area (Å²) in [5, 5.41) is 5.65. The molecule has 1 fully saturated rings. The maximum absolute atomic E-state index is 12.0. The van der Waals surface area contributed by atoms with Crippen molar-refractivity contribution in [3.8, 4) is 5.75 Å². The summed E-state index contributed by atoms with van der Waals surface area (Å²) < 4.78 is 10.5. The van der Waals surface area contributed by atoms with E-state index in [0.717, 1.165) is 11.3 Å². The number of hydrogen-bond acceptors (Lipinski definition) is 4. The molecule has 0 spiro atoms. The fraction of sp³-hybridized carbons (Fsp3) is 0.529. The number of ether oxygens (including phenoxy) is 2. The van der Waals surface area contributed by atoms with Gasteiger partial charge in [0.05, 0.1) is 13.2 Å². The van der Waals surface area contributed by atoms with Crippen molar-refractivity contribution in [1.82, 2.24) is 10.6 Å². The highest BCUT2D eigenvalue weighted by Gasteiger charge is 2.32. The normalized spacial score (nSPS) is 21.3. The average molecular weight is 320 g/mol. The van der Waals surface area contributed by atoms with Gasteiger partial charge in [-0.1, -0.05) is 12.1 Å². The van der Waals surface area contributed by atoms with Crippen molar-refractivity contribution in [2.75, 3.05) is 13.7 Å². The van der Waals surface area contributed by atoms with Gasteiger partial charge in [-0.3, -0.25) is 4.79 Å². The topological polar surface area (TPSA) is 76.7 Å². The van der Waals surface area contributed by atoms with E-state index in [1.54, 1.807) is 7.11 Å². The lowest BCUT2D eigenvalue weighted by molar-refractivity contribution is -0.123. The summed E-state index contributed by atoms with van der Waals surface area (Å²) in [6.45, 7) is 5.83. The zero-order chi connectivity index (χ0) is 17.0. The van der Waals surface area contributed by atoms with Crippen molar-refractivity contribution >= 4 is 12.0 Å². The molecule has 2 amide bonds. The van der Waals surface area contributed by atoms with E-state index in [1.807, 2.05) is 45.0 Å². The second-order valence-corrected chi connectivity index (χ2v) is 6.64. The summed E-state index contributed by atoms with van der Waals surface area (Å²) in [6.07, 6.45) is -0.149. The molecule has 1 aromatic carbocycles. The van der Waals surface area contributed by atoms with Crippen LogP contribution in [-0.4, -0.2) is 37.3 Å². The summed E-state index contributed by atoms with van der Waals surface area (Å²) in [6, 6.07) is 7.34. The van der Waals surface area contributed by atoms with Crippen molar-refractivity contribution < 1.29 is 19.1 Å². The molecule has 6 heteroatoms. The molecule has 1 aromatic rings. The van der Waals surface area contributed by atoms with Crippen molar-refractivity contribution in [3.05, 3.63) is 29.8 Å². The predicted molar refractivity (Wildman–Crippen MR) is 86.5 cm³/mol. The third-order valence-corrected chi connectivity index (χ3v) is 3.66. The number of carbonyl (C=O) groups excluding carboxylic acids is 2. The van der Waals surface area contributed by atoms with Crippen LogP contribution in [0.15, 0.2) is 24.3 Å². The molecular weight excluding hydrogens is 296 g/mol. The maximum atomic E-state index is 12.0. The van der Waals surface area contributed by atoms with Gasteiger partial charge in [0, 0.05) is 18.9 Å². The number of methoxy groups -OCH3 is 1. The van der Waals surface area contributed by atoms with Crippen molar-refractivity contribution in [2.45, 2.75) is 44.8 Å². The molecule has 23 heavy (non-hydrogen) atoms. The van der Waals surface area contributed by atoms with Gasteiger partial charge in [0.1, 0.15) is 11.4 Å². The van der Waals surface area contributed by atoms with Gasteiger partial charge >= 0.3 is 6.09 Å². The molecule has 1 unspecified atom stereocenters. The van der Waals surface area contributed by atoms with E-state index in [1.165, 1.54) is 0 Å². The Bertz CT molecular complexity index is 563. The molecular formula is C17H24N2O4. The monoisotopic (exact) mass is 320 g/mol. The third-order valence-electron chi connectivity index (χ3n) is 3.66. The molecule has 0 saturated carbocycles. The Morgan fingerprint density at radius 1 is 1.26 bits per heavy atom. The van der Waals surface area contributed by atoms with Crippen LogP contribution in [0, 0.1) is 0 Å². The van der Waals surface area contributed by atoms with Gasteiger partial charge in [0.2, 0.25) is 5.91 Å². The molecule has 2 rings (SSSR count). The highest BCUT2D eigenvalue weighted by Crippen LogP contribution is 2.28. The van der Waals surface area contributed by atoms with E-state index >= 15 is 0 Å². The number of piperidine rings is 1. The van der Waals surface area contributed by atoms with Gasteiger partial charge in [-0.25, -0.2) is 4.79 Å². The van der Waals surface area contributed by atoms with Gasteiger partial charge in [0.15, 0.2) is 0 Å². The van der Waals surface area contributed by atoms with Crippen LogP contribution < -0.4 is 15.4 Å². The van der Waals surface area contributed by atoms with Gasteiger partial charge < -0.3 is 20.1 Å². The quantitative estimate of drug-likeness (QED) is 0.895. The average Bonchev–Trinajstić information content (AvgIpc) is 2.47. The number of alkyl carbamates (subject to hydrolysis) is 1. The summed E-state index contributed by atoms with van der Waals surface area (Å²) >= 11 is 0. The second kappa shape index (κ2) is 6.89. The van der Waals surface area contributed by atoms with Crippen molar-refractivity contribution in [2.24, 2.45) is 0 Å². The Morgan fingerprint density at radius 3 is 2.48 bits per heavy atom. The minimum atomic E-state index is -0.558. The first-order valence-electron chi connectivity index (χ1n) is 7.68. The van der Waals surface area contributed by atoms with Crippen LogP contribution in [-0.2, 0) is 9.53 Å². The van der Waals surface area contributed by atoms with Gasteiger partial charge in [0.25, 0.3) is 0 Å². The standard InChI is InChI=1S/C17H24N2O4/c1-17(2,3)23-16(21)19-14-10-18-15(20)9-13(14)11-5-7-12(22-4)8-6-11/h5-8,13-14H,9-10H2,1-4H3,(H,18,20)(H,19,21)/t13?,14-/m1/s1. The second-order valence-electron chi connectivity index (χ2n) is 6.64. The van der Waals surface area contributed by atoms with Gasteiger partial charge in [-0.15, -0.1) is 0 Å². The molecule has 1 saturated heterocycles. The zero-order valence-electron chi connectivity index (χ0n) is 14.0. The molecule has 126 valence electrons. The minimum Gasteiger partial charge on any atom is -0.497 e. The largest absolute Gasteiger partial charge is 0.497 e. The summed E-state index contributed by atoms with van der Waals surface area (Å²) in [5.74, 6) is 0.640. The molecule has 6 nitrogen and oxygen atoms in total. The van der Waals surface area contributed by atoms with E-state index < -0.39 is 11.7 Å². The number of hydrogen-bond donors (Lipinski definition) is 2. The number of benzene rings is 1. The summed E-state index contributed by atoms with van der Waals surface area (Å²) in [5.41, 5.74) is 0.430. The molecule has 1 aliphatic heterocycles. The number of nitrogens with one attached hydrogen (secondary N) is 2. The van der Waals surface area contributed by atoms with Crippen molar-refractivity contribution in [1.29, 1.82) is 0 Å². The molecule has 1 heterocycles. The number of rotatable bonds is 3. The molecule has 0 radical (unpaired) electrons. The molecule has 0 bridgehead atoms. The first-order valence-corrected chi connectivity index (χ1v) is 7.68. The van der Waals surface area contributed by atoms with E-state index in [0.29, 0.717) is 13.0 Å². The first-order chi connectivity index (χ1) is 10.8. The minimum absolute atomic E-state index is 0.0203. The third kappa shape index (κ3) is 4.87. The first kappa shape index (κ1) is 17.1. The fourth-order valence-electron chi connectivity index (χ4n) is 2.59. The summed E-state index contributed by atoms with van der Waals surface area (Å²) in [4.78, 5) is 23.8. The fourth-order valence-corrected chi connectivity index (χ4v) is 2.59. The zero-order valence-corrected chi connectivity index (χ0v) is 14.0. The SMILES string of the molecule is COc1ccc(C2CC(=O)NC[C@H]2NC(=O)OC(C)(C)C)cc1. The van der Waals surface area contributed by atoms with Crippen molar-refractivity contribution in [3.63, 3.8) is 0 Å². The molecule has 2 atom stereocenters. The molecule has 1 aliphatic rings. The van der Waals surface area contributed by atoms with Crippen LogP contribution in [0.1, 0.15) is 38.7 Å². The van der Waals surface area contributed by atoms with E-state index in [4.69, 9.17) is 9.47 Å². The molecule has 0 aromatic heterocycles. The van der Waals surface area contributed by atoms with Gasteiger partial charge in [-0.2, -0.15) is 0 Å². The van der Waals surface area contributed by atoms with Gasteiger partial charge in [-0.05, 0) is 38.5 Å². The lowest BCUT2D eigenvalue weighted by Crippen LogP contribution is -2.52. The molecule has 0 aliphatic carbocycles. The smallest absolute Gasteiger partial charge is 0.407 e. The highest BCUT2D eigenvalue weighted by molar-refractivity contribution is 5.79. The van der Waals surface area contributed by atoms with Crippen LogP contribution in [0.2, 0.25) is 0 Å². The molecule has 2 N–H and O–H groups in total. The summed E-state index contributed by atoms with van der Waals surface area (Å²) in [7, 11) is 1.61. The van der Waals surface area contributed by atoms with Crippen LogP contribution in [0.3, 0.4) is 0 Å². The Kier molecular flexibility index (Phi) is 5.13. The Morgan fingerprint density at radius 2 is 1.91 bits per heavy atom. The lowest BCUT2D eigenvalue weighted by Gasteiger charge is -2.33. The maximum Gasteiger partial charge on any atom is 0.407 e. The Hall–Kier alpha value is -2.24. The Labute approximate surface area is 136 Å². The highest BCUT2D eigenvalue weighted by atomic mass is 16.6. The van der Waals surface area contributed by atoms with Crippen LogP contribution in [0.5, 0.6) is 5.75 Å². The van der Waals surface area contributed by atoms with Crippen LogP contribution in [0.25, 0.3) is 0 Å².